The molecule has 0 aromatic heterocycles. The molecule has 43 heavy (non-hydrogen) atoms. The van der Waals surface area contributed by atoms with Crippen molar-refractivity contribution in [1.29, 1.82) is 0 Å². The number of rotatable bonds is 6. The molecule has 2 amide bonds. The van der Waals surface area contributed by atoms with Gasteiger partial charge in [0, 0.05) is 43.4 Å². The summed E-state index contributed by atoms with van der Waals surface area (Å²) in [6, 6.07) is 0.582. The number of hydrogen-bond donors (Lipinski definition) is 6. The Bertz CT molecular complexity index is 1470. The molecule has 234 valence electrons. The van der Waals surface area contributed by atoms with E-state index in [1.807, 2.05) is 20.8 Å². The first-order chi connectivity index (χ1) is 19.8. The van der Waals surface area contributed by atoms with E-state index in [4.69, 9.17) is 10.5 Å². The standard InChI is InChI=1S/C30H40N4O9/c1-29(2,3)12-43-28(41)32-11-14-10-17(33(4)5)15-8-13-9-16-21(34(6)7)24(37)20(27(31)40)26(39)30(16,42)25(38)18(13)23(36)19(15)22(14)35/h10,13,16,21,35,37-38,42H,8-9,11-12H2,1-7H3,(H2,31,40)(H,32,41). The number of ketones is 2. The Balaban J connectivity index is 1.82. The van der Waals surface area contributed by atoms with Gasteiger partial charge in [-0.25, -0.2) is 4.79 Å². The molecule has 13 nitrogen and oxygen atoms in total. The molecular formula is C30H40N4O9. The molecule has 0 fully saturated rings. The molecule has 0 aliphatic heterocycles. The smallest absolute Gasteiger partial charge is 0.407 e. The lowest BCUT2D eigenvalue weighted by Gasteiger charge is -2.50. The third-order valence-corrected chi connectivity index (χ3v) is 8.32. The average molecular weight is 601 g/mol. The highest BCUT2D eigenvalue weighted by molar-refractivity contribution is 6.25. The third kappa shape index (κ3) is 5.20. The van der Waals surface area contributed by atoms with Crippen LogP contribution in [0.25, 0.3) is 0 Å². The Morgan fingerprint density at radius 1 is 1.14 bits per heavy atom. The predicted molar refractivity (Wildman–Crippen MR) is 156 cm³/mol. The van der Waals surface area contributed by atoms with Gasteiger partial charge in [0.25, 0.3) is 5.91 Å². The van der Waals surface area contributed by atoms with E-state index in [9.17, 15) is 39.6 Å². The lowest BCUT2D eigenvalue weighted by atomic mass is 9.58. The van der Waals surface area contributed by atoms with Crippen LogP contribution in [0.1, 0.15) is 48.7 Å². The number of anilines is 1. The fourth-order valence-corrected chi connectivity index (χ4v) is 6.39. The summed E-state index contributed by atoms with van der Waals surface area (Å²) in [6.45, 7) is 5.70. The summed E-state index contributed by atoms with van der Waals surface area (Å²) in [5.74, 6) is -7.18. The highest BCUT2D eigenvalue weighted by Crippen LogP contribution is 2.53. The van der Waals surface area contributed by atoms with Crippen molar-refractivity contribution in [3.8, 4) is 5.75 Å². The van der Waals surface area contributed by atoms with Crippen LogP contribution in [-0.2, 0) is 27.3 Å². The number of aliphatic hydroxyl groups is 3. The van der Waals surface area contributed by atoms with E-state index >= 15 is 0 Å². The lowest BCUT2D eigenvalue weighted by Crippen LogP contribution is -2.63. The number of benzene rings is 1. The summed E-state index contributed by atoms with van der Waals surface area (Å²) in [5, 5.41) is 48.1. The second-order valence-corrected chi connectivity index (χ2v) is 13.1. The molecule has 1 aromatic rings. The van der Waals surface area contributed by atoms with E-state index in [-0.39, 0.29) is 48.1 Å². The Morgan fingerprint density at radius 3 is 2.30 bits per heavy atom. The molecule has 3 aliphatic carbocycles. The molecule has 0 bridgehead atoms. The van der Waals surface area contributed by atoms with Crippen LogP contribution in [0.3, 0.4) is 0 Å². The number of carbonyl (C=O) groups is 4. The maximum Gasteiger partial charge on any atom is 0.407 e. The van der Waals surface area contributed by atoms with E-state index in [1.165, 1.54) is 4.90 Å². The van der Waals surface area contributed by atoms with Gasteiger partial charge in [-0.3, -0.25) is 19.3 Å². The van der Waals surface area contributed by atoms with E-state index in [0.29, 0.717) is 11.3 Å². The van der Waals surface area contributed by atoms with E-state index < -0.39 is 69.9 Å². The van der Waals surface area contributed by atoms with Crippen molar-refractivity contribution in [2.24, 2.45) is 23.0 Å². The number of nitrogens with zero attached hydrogens (tertiary/aromatic N) is 2. The van der Waals surface area contributed by atoms with Crippen LogP contribution < -0.4 is 16.0 Å². The second-order valence-electron chi connectivity index (χ2n) is 13.1. The predicted octanol–water partition coefficient (Wildman–Crippen LogP) is 1.46. The number of allylic oxidation sites excluding steroid dienone is 1. The number of likely N-dealkylation sites (N-methyl/N-ethyl adjacent to an activating group) is 1. The fourth-order valence-electron chi connectivity index (χ4n) is 6.39. The van der Waals surface area contributed by atoms with Crippen molar-refractivity contribution in [2.75, 3.05) is 39.7 Å². The average Bonchev–Trinajstić information content (AvgIpc) is 2.88. The summed E-state index contributed by atoms with van der Waals surface area (Å²) >= 11 is 0. The lowest BCUT2D eigenvalue weighted by molar-refractivity contribution is -0.148. The minimum absolute atomic E-state index is 0.0116. The van der Waals surface area contributed by atoms with Crippen molar-refractivity contribution in [1.82, 2.24) is 10.2 Å². The maximum atomic E-state index is 14.1. The number of carbonyl (C=O) groups excluding carboxylic acids is 4. The second kappa shape index (κ2) is 10.9. The number of phenols is 1. The summed E-state index contributed by atoms with van der Waals surface area (Å²) < 4.78 is 5.23. The van der Waals surface area contributed by atoms with Crippen molar-refractivity contribution in [3.63, 3.8) is 0 Å². The molecule has 0 spiro atoms. The van der Waals surface area contributed by atoms with Gasteiger partial charge in [0.15, 0.2) is 11.4 Å². The van der Waals surface area contributed by atoms with Crippen LogP contribution >= 0.6 is 0 Å². The van der Waals surface area contributed by atoms with Crippen LogP contribution in [0.4, 0.5) is 10.5 Å². The zero-order valence-electron chi connectivity index (χ0n) is 25.4. The van der Waals surface area contributed by atoms with Crippen LogP contribution in [0, 0.1) is 17.3 Å². The number of hydrogen-bond acceptors (Lipinski definition) is 11. The minimum Gasteiger partial charge on any atom is -0.510 e. The summed E-state index contributed by atoms with van der Waals surface area (Å²) in [4.78, 5) is 55.3. The topological polar surface area (TPSA) is 203 Å². The number of ether oxygens (including phenoxy) is 1. The Labute approximate surface area is 249 Å². The molecule has 0 saturated carbocycles. The number of aromatic hydroxyl groups is 1. The fraction of sp³-hybridized carbons (Fsp3) is 0.533. The van der Waals surface area contributed by atoms with Crippen molar-refractivity contribution in [2.45, 2.75) is 51.8 Å². The highest BCUT2D eigenvalue weighted by Gasteiger charge is 2.63. The van der Waals surface area contributed by atoms with Gasteiger partial charge >= 0.3 is 6.09 Å². The minimum atomic E-state index is -2.72. The van der Waals surface area contributed by atoms with Gasteiger partial charge in [-0.05, 0) is 49.9 Å². The van der Waals surface area contributed by atoms with Gasteiger partial charge in [0.05, 0.1) is 18.2 Å². The van der Waals surface area contributed by atoms with E-state index in [1.54, 1.807) is 39.2 Å². The first kappa shape index (κ1) is 31.8. The van der Waals surface area contributed by atoms with Gasteiger partial charge in [-0.15, -0.1) is 0 Å². The monoisotopic (exact) mass is 600 g/mol. The van der Waals surface area contributed by atoms with Gasteiger partial charge in [0.1, 0.15) is 22.8 Å². The molecule has 1 aromatic carbocycles. The van der Waals surface area contributed by atoms with Crippen molar-refractivity contribution < 1.29 is 44.3 Å². The van der Waals surface area contributed by atoms with Crippen LogP contribution in [0.15, 0.2) is 28.7 Å². The summed E-state index contributed by atoms with van der Waals surface area (Å²) in [6.07, 6.45) is -0.572. The largest absolute Gasteiger partial charge is 0.510 e. The van der Waals surface area contributed by atoms with E-state index in [2.05, 4.69) is 5.32 Å². The Kier molecular flexibility index (Phi) is 8.05. The van der Waals surface area contributed by atoms with Crippen LogP contribution in [-0.4, -0.2) is 95.3 Å². The number of amides is 2. The first-order valence-electron chi connectivity index (χ1n) is 13.9. The number of aliphatic hydroxyl groups excluding tert-OH is 2. The molecule has 7 N–H and O–H groups in total. The van der Waals surface area contributed by atoms with Crippen LogP contribution in [0.2, 0.25) is 0 Å². The molecule has 0 heterocycles. The van der Waals surface area contributed by atoms with Crippen LogP contribution in [0.5, 0.6) is 5.75 Å². The normalized spacial score (nSPS) is 25.3. The molecular weight excluding hydrogens is 560 g/mol. The zero-order chi connectivity index (χ0) is 32.3. The highest BCUT2D eigenvalue weighted by atomic mass is 16.5. The third-order valence-electron chi connectivity index (χ3n) is 8.32. The number of primary amides is 1. The number of Topliss-reactive ketones (excluding diaryl/α,β-unsaturated/α-hetero) is 2. The Hall–Kier alpha value is -4.10. The molecule has 4 rings (SSSR count). The molecule has 13 heteroatoms. The van der Waals surface area contributed by atoms with Gasteiger partial charge in [0.2, 0.25) is 5.78 Å². The molecule has 4 unspecified atom stereocenters. The van der Waals surface area contributed by atoms with Gasteiger partial charge in [-0.1, -0.05) is 20.8 Å². The Morgan fingerprint density at radius 2 is 1.77 bits per heavy atom. The van der Waals surface area contributed by atoms with Gasteiger partial charge < -0.3 is 41.1 Å². The first-order valence-corrected chi connectivity index (χ1v) is 13.9. The maximum absolute atomic E-state index is 14.1. The number of phenolic OH excluding ortho intramolecular Hbond substituents is 1. The van der Waals surface area contributed by atoms with Gasteiger partial charge in [-0.2, -0.15) is 0 Å². The summed E-state index contributed by atoms with van der Waals surface area (Å²) in [5.41, 5.74) is 2.43. The number of nitrogens with two attached hydrogens (primary N) is 1. The molecule has 0 radical (unpaired) electrons. The van der Waals surface area contributed by atoms with Crippen molar-refractivity contribution >= 4 is 29.3 Å². The van der Waals surface area contributed by atoms with Crippen molar-refractivity contribution in [3.05, 3.63) is 45.4 Å². The molecule has 3 aliphatic rings. The number of alkyl carbamates (subject to hydrolysis) is 1. The zero-order valence-corrected chi connectivity index (χ0v) is 25.4. The number of nitrogens with one attached hydrogen (secondary N) is 1. The molecule has 0 saturated heterocycles. The summed E-state index contributed by atoms with van der Waals surface area (Å²) in [7, 11) is 6.66. The molecule has 4 atom stereocenters. The SMILES string of the molecule is CN(C)c1cc(CNC(=O)OCC(C)(C)C)c(O)c2c1CC1CC3C(N(C)C)C(O)=C(C(N)=O)C(=O)C3(O)C(O)=C1C2=O. The quantitative estimate of drug-likeness (QED) is 0.258. The van der Waals surface area contributed by atoms with E-state index in [0.717, 1.165) is 0 Å². The number of fused-ring (bicyclic) bond motifs is 3.